The third-order valence-electron chi connectivity index (χ3n) is 4.87. The summed E-state index contributed by atoms with van der Waals surface area (Å²) >= 11 is 0.844. The number of sulfonamides is 1. The molecule has 0 spiro atoms. The fraction of sp³-hybridized carbons (Fsp3) is 0.182. The molecule has 1 aromatic carbocycles. The first kappa shape index (κ1) is 26.6. The number of nitrogens with zero attached hydrogens (tertiary/aromatic N) is 3. The summed E-state index contributed by atoms with van der Waals surface area (Å²) in [5.74, 6) is 5.32. The first-order valence-corrected chi connectivity index (χ1v) is 12.5. The number of hydrogen-bond acceptors (Lipinski definition) is 6. The summed E-state index contributed by atoms with van der Waals surface area (Å²) in [6, 6.07) is 6.98. The number of aromatic nitrogens is 3. The van der Waals surface area contributed by atoms with Gasteiger partial charge in [0, 0.05) is 18.7 Å². The van der Waals surface area contributed by atoms with Gasteiger partial charge in [0.1, 0.15) is 4.21 Å². The zero-order valence-corrected chi connectivity index (χ0v) is 20.0. The Morgan fingerprint density at radius 3 is 2.32 bits per heavy atom. The van der Waals surface area contributed by atoms with Gasteiger partial charge in [0.15, 0.2) is 11.3 Å². The molecule has 0 aliphatic heterocycles. The van der Waals surface area contributed by atoms with E-state index in [-0.39, 0.29) is 39.8 Å². The highest BCUT2D eigenvalue weighted by Gasteiger charge is 2.36. The number of nitrogens with two attached hydrogens (primary N) is 1. The lowest BCUT2D eigenvalue weighted by molar-refractivity contribution is -0.142. The van der Waals surface area contributed by atoms with Gasteiger partial charge in [-0.05, 0) is 30.3 Å². The van der Waals surface area contributed by atoms with E-state index in [1.807, 2.05) is 0 Å². The van der Waals surface area contributed by atoms with Crippen molar-refractivity contribution < 1.29 is 34.8 Å². The van der Waals surface area contributed by atoms with Gasteiger partial charge in [-0.2, -0.15) is 31.4 Å². The lowest BCUT2D eigenvalue weighted by atomic mass is 10.1. The Hall–Kier alpha value is -3.45. The maximum Gasteiger partial charge on any atom is 0.433 e. The Kier molecular flexibility index (Phi) is 7.04. The molecule has 194 valence electrons. The molecular weight excluding hydrogens is 544 g/mol. The number of halogens is 6. The topological polar surface area (TPSA) is 102 Å². The van der Waals surface area contributed by atoms with Crippen LogP contribution in [0.25, 0.3) is 16.9 Å². The lowest BCUT2D eigenvalue weighted by Gasteiger charge is -2.12. The molecule has 0 bridgehead atoms. The van der Waals surface area contributed by atoms with E-state index in [4.69, 9.17) is 5.73 Å². The quantitative estimate of drug-likeness (QED) is 0.283. The summed E-state index contributed by atoms with van der Waals surface area (Å²) in [6.07, 6.45) is -8.40. The minimum absolute atomic E-state index is 0.00155. The monoisotopic (exact) mass is 559 g/mol. The Balaban J connectivity index is 1.76. The molecule has 3 N–H and O–H groups in total. The maximum atomic E-state index is 13.8. The number of fused-ring (bicyclic) bond motifs is 1. The van der Waals surface area contributed by atoms with Crippen LogP contribution in [0.4, 0.5) is 26.3 Å². The third-order valence-corrected chi connectivity index (χ3v) is 7.83. The summed E-state index contributed by atoms with van der Waals surface area (Å²) in [7, 11) is -3.78. The zero-order chi connectivity index (χ0) is 27.0. The maximum absolute atomic E-state index is 13.8. The van der Waals surface area contributed by atoms with E-state index in [2.05, 4.69) is 26.6 Å². The van der Waals surface area contributed by atoms with Crippen molar-refractivity contribution in [3.63, 3.8) is 0 Å². The predicted molar refractivity (Wildman–Crippen MR) is 123 cm³/mol. The van der Waals surface area contributed by atoms with Crippen LogP contribution in [-0.2, 0) is 22.4 Å². The van der Waals surface area contributed by atoms with E-state index in [1.165, 1.54) is 12.1 Å². The average molecular weight is 560 g/mol. The molecule has 4 aromatic rings. The molecule has 0 saturated carbocycles. The van der Waals surface area contributed by atoms with E-state index in [1.54, 1.807) is 0 Å². The van der Waals surface area contributed by atoms with Gasteiger partial charge in [0.25, 0.3) is 0 Å². The first-order valence-electron chi connectivity index (χ1n) is 10.2. The number of hydrogen-bond donors (Lipinski definition) is 2. The van der Waals surface area contributed by atoms with Gasteiger partial charge in [0.05, 0.1) is 27.9 Å². The third kappa shape index (κ3) is 5.77. The molecule has 0 saturated heterocycles. The molecule has 0 atom stereocenters. The Labute approximate surface area is 210 Å². The molecule has 0 aliphatic carbocycles. The molecular formula is C22H15F6N5O2S2. The van der Waals surface area contributed by atoms with Crippen LogP contribution in [0.2, 0.25) is 0 Å². The zero-order valence-electron chi connectivity index (χ0n) is 18.4. The van der Waals surface area contributed by atoms with Gasteiger partial charge < -0.3 is 5.73 Å². The average Bonchev–Trinajstić information content (AvgIpc) is 3.47. The number of benzene rings is 1. The summed E-state index contributed by atoms with van der Waals surface area (Å²) in [5.41, 5.74) is 2.67. The standard InChI is InChI=1S/C22H15F6N5O2S2/c23-21(24,25)15-4-1-13(2-5-15)17-11-18(22(26,27)28)33-20(32-17)14(12-30-33)3-6-16-7-8-19(36-16)37(34,35)31-10-9-29/h1-2,4-5,7-8,11-12,31H,9-10,29H2. The predicted octanol–water partition coefficient (Wildman–Crippen LogP) is 4.13. The fourth-order valence-electron chi connectivity index (χ4n) is 3.16. The second-order valence-electron chi connectivity index (χ2n) is 7.45. The van der Waals surface area contributed by atoms with Gasteiger partial charge in [-0.3, -0.25) is 0 Å². The fourth-order valence-corrected chi connectivity index (χ4v) is 5.41. The summed E-state index contributed by atoms with van der Waals surface area (Å²) in [4.78, 5) is 4.47. The summed E-state index contributed by atoms with van der Waals surface area (Å²) in [6.45, 7) is 0.144. The van der Waals surface area contributed by atoms with Gasteiger partial charge >= 0.3 is 12.4 Å². The number of nitrogens with one attached hydrogen (secondary N) is 1. The van der Waals surface area contributed by atoms with E-state index < -0.39 is 33.6 Å². The molecule has 37 heavy (non-hydrogen) atoms. The van der Waals surface area contributed by atoms with Crippen molar-refractivity contribution in [2.45, 2.75) is 16.6 Å². The van der Waals surface area contributed by atoms with Crippen molar-refractivity contribution >= 4 is 27.0 Å². The largest absolute Gasteiger partial charge is 0.433 e. The van der Waals surface area contributed by atoms with Crippen LogP contribution in [0.5, 0.6) is 0 Å². The van der Waals surface area contributed by atoms with Crippen LogP contribution in [-0.4, -0.2) is 36.1 Å². The van der Waals surface area contributed by atoms with Crippen molar-refractivity contribution in [1.29, 1.82) is 0 Å². The Morgan fingerprint density at radius 1 is 1.00 bits per heavy atom. The lowest BCUT2D eigenvalue weighted by Crippen LogP contribution is -2.28. The highest BCUT2D eigenvalue weighted by atomic mass is 32.2. The van der Waals surface area contributed by atoms with Crippen LogP contribution in [0.1, 0.15) is 21.7 Å². The van der Waals surface area contributed by atoms with Crippen molar-refractivity contribution in [3.8, 4) is 23.1 Å². The minimum atomic E-state index is -4.86. The molecule has 3 aromatic heterocycles. The van der Waals surface area contributed by atoms with Crippen LogP contribution >= 0.6 is 11.3 Å². The van der Waals surface area contributed by atoms with Gasteiger partial charge in [-0.1, -0.05) is 24.0 Å². The number of thiophene rings is 1. The summed E-state index contributed by atoms with van der Waals surface area (Å²) < 4.78 is 107. The minimum Gasteiger partial charge on any atom is -0.329 e. The molecule has 7 nitrogen and oxygen atoms in total. The molecule has 4 rings (SSSR count). The van der Waals surface area contributed by atoms with Crippen molar-refractivity contribution in [3.05, 3.63) is 70.4 Å². The molecule has 0 unspecified atom stereocenters. The van der Waals surface area contributed by atoms with Gasteiger partial charge in [-0.15, -0.1) is 11.3 Å². The van der Waals surface area contributed by atoms with Crippen LogP contribution in [0.15, 0.2) is 52.9 Å². The second-order valence-corrected chi connectivity index (χ2v) is 10.5. The molecule has 0 amide bonds. The van der Waals surface area contributed by atoms with E-state index >= 15 is 0 Å². The molecule has 0 radical (unpaired) electrons. The van der Waals surface area contributed by atoms with E-state index in [9.17, 15) is 34.8 Å². The first-order chi connectivity index (χ1) is 17.3. The smallest absolute Gasteiger partial charge is 0.329 e. The Bertz CT molecular complexity index is 1610. The van der Waals surface area contributed by atoms with Crippen molar-refractivity contribution in [1.82, 2.24) is 19.3 Å². The van der Waals surface area contributed by atoms with E-state index in [0.29, 0.717) is 15.5 Å². The normalized spacial score (nSPS) is 12.5. The van der Waals surface area contributed by atoms with Crippen LogP contribution < -0.4 is 10.5 Å². The highest BCUT2D eigenvalue weighted by molar-refractivity contribution is 7.91. The highest BCUT2D eigenvalue weighted by Crippen LogP contribution is 2.34. The number of alkyl halides is 6. The number of rotatable bonds is 5. The SMILES string of the molecule is NCCNS(=O)(=O)c1ccc(C#Cc2cnn3c(C(F)(F)F)cc(-c4ccc(C(F)(F)F)cc4)nc23)s1. The van der Waals surface area contributed by atoms with Crippen molar-refractivity contribution in [2.75, 3.05) is 13.1 Å². The molecule has 3 heterocycles. The van der Waals surface area contributed by atoms with Gasteiger partial charge in [-0.25, -0.2) is 22.6 Å². The van der Waals surface area contributed by atoms with Crippen LogP contribution in [0, 0.1) is 11.8 Å². The van der Waals surface area contributed by atoms with E-state index in [0.717, 1.165) is 41.8 Å². The second kappa shape index (κ2) is 9.78. The molecule has 0 fully saturated rings. The van der Waals surface area contributed by atoms with Crippen LogP contribution in [0.3, 0.4) is 0 Å². The molecule has 0 aliphatic rings. The Morgan fingerprint density at radius 2 is 1.70 bits per heavy atom. The molecule has 15 heteroatoms. The van der Waals surface area contributed by atoms with Crippen molar-refractivity contribution in [2.24, 2.45) is 5.73 Å². The summed E-state index contributed by atoms with van der Waals surface area (Å²) in [5, 5.41) is 3.73. The van der Waals surface area contributed by atoms with Gasteiger partial charge in [0.2, 0.25) is 10.0 Å².